The summed E-state index contributed by atoms with van der Waals surface area (Å²) in [5, 5.41) is 0. The van der Waals surface area contributed by atoms with E-state index in [0.717, 1.165) is 26.7 Å². The molecule has 2 amide bonds. The number of hydrogen-bond acceptors (Lipinski definition) is 3. The van der Waals surface area contributed by atoms with Crippen LogP contribution in [-0.4, -0.2) is 18.4 Å². The number of carbonyl (C=O) groups is 2. The number of ether oxygens (including phenoxy) is 1. The maximum atomic E-state index is 12.3. The van der Waals surface area contributed by atoms with Crippen molar-refractivity contribution in [3.63, 3.8) is 0 Å². The Hall–Kier alpha value is -3.90. The van der Waals surface area contributed by atoms with E-state index in [1.54, 1.807) is 18.2 Å². The fraction of sp³-hybridized carbons (Fsp3) is 0.0370. The van der Waals surface area contributed by atoms with Crippen LogP contribution in [0.5, 0.6) is 5.75 Å². The summed E-state index contributed by atoms with van der Waals surface area (Å²) in [5.74, 6) is -0.340. The van der Waals surface area contributed by atoms with Crippen LogP contribution in [0.2, 0.25) is 0 Å². The molecule has 0 atom stereocenters. The highest BCUT2D eigenvalue weighted by Crippen LogP contribution is 2.30. The van der Waals surface area contributed by atoms with Crippen molar-refractivity contribution >= 4 is 27.7 Å². The van der Waals surface area contributed by atoms with Gasteiger partial charge in [0, 0.05) is 5.56 Å². The average Bonchev–Trinajstić information content (AvgIpc) is 2.87. The first-order valence-corrected chi connectivity index (χ1v) is 11.1. The summed E-state index contributed by atoms with van der Waals surface area (Å²) in [4.78, 5) is 24.4. The molecule has 0 aliphatic heterocycles. The number of halogens is 1. The molecule has 0 radical (unpaired) electrons. The Morgan fingerprint density at radius 3 is 1.82 bits per heavy atom. The normalized spacial score (nSPS) is 10.3. The van der Waals surface area contributed by atoms with Gasteiger partial charge in [-0.15, -0.1) is 0 Å². The monoisotopic (exact) mass is 500 g/mol. The molecule has 0 fully saturated rings. The fourth-order valence-electron chi connectivity index (χ4n) is 3.25. The lowest BCUT2D eigenvalue weighted by Crippen LogP contribution is -2.43. The van der Waals surface area contributed by atoms with Crippen molar-refractivity contribution in [1.82, 2.24) is 10.9 Å². The molecule has 4 aromatic carbocycles. The third-order valence-corrected chi connectivity index (χ3v) is 5.59. The molecule has 2 N–H and O–H groups in total. The van der Waals surface area contributed by atoms with Gasteiger partial charge in [-0.25, -0.2) is 0 Å². The topological polar surface area (TPSA) is 67.4 Å². The molecule has 164 valence electrons. The largest absolute Gasteiger partial charge is 0.483 e. The van der Waals surface area contributed by atoms with Gasteiger partial charge < -0.3 is 4.74 Å². The summed E-state index contributed by atoms with van der Waals surface area (Å²) in [7, 11) is 0. The van der Waals surface area contributed by atoms with Crippen molar-refractivity contribution in [1.29, 1.82) is 0 Å². The van der Waals surface area contributed by atoms with Gasteiger partial charge in [0.05, 0.1) is 4.47 Å². The number of hydrogen-bond donors (Lipinski definition) is 2. The summed E-state index contributed by atoms with van der Waals surface area (Å²) in [6, 6.07) is 32.7. The van der Waals surface area contributed by atoms with E-state index in [1.165, 1.54) is 0 Å². The van der Waals surface area contributed by atoms with E-state index < -0.39 is 11.8 Å². The fourth-order valence-corrected chi connectivity index (χ4v) is 3.74. The minimum atomic E-state index is -0.469. The first kappa shape index (κ1) is 22.3. The SMILES string of the molecule is O=C(COc1ccc(-c2ccccc2)cc1Br)NNC(=O)c1ccc(-c2ccccc2)cc1. The van der Waals surface area contributed by atoms with Gasteiger partial charge >= 0.3 is 0 Å². The van der Waals surface area contributed by atoms with Crippen LogP contribution in [0.1, 0.15) is 10.4 Å². The van der Waals surface area contributed by atoms with Crippen LogP contribution in [0, 0.1) is 0 Å². The Labute approximate surface area is 200 Å². The van der Waals surface area contributed by atoms with E-state index in [1.807, 2.05) is 84.9 Å². The van der Waals surface area contributed by atoms with E-state index in [-0.39, 0.29) is 6.61 Å². The van der Waals surface area contributed by atoms with Gasteiger partial charge in [-0.1, -0.05) is 78.9 Å². The third kappa shape index (κ3) is 5.87. The standard InChI is InChI=1S/C27H21BrN2O3/c28-24-17-23(20-9-5-2-6-10-20)15-16-25(24)33-18-26(31)29-30-27(32)22-13-11-21(12-14-22)19-7-3-1-4-8-19/h1-17H,18H2,(H,29,31)(H,30,32). The van der Waals surface area contributed by atoms with Crippen LogP contribution in [0.25, 0.3) is 22.3 Å². The van der Waals surface area contributed by atoms with Gasteiger partial charge in [0.25, 0.3) is 11.8 Å². The van der Waals surface area contributed by atoms with Crippen LogP contribution in [-0.2, 0) is 4.79 Å². The number of benzene rings is 4. The van der Waals surface area contributed by atoms with Gasteiger partial charge in [-0.05, 0) is 62.4 Å². The molecule has 0 saturated heterocycles. The van der Waals surface area contributed by atoms with Crippen LogP contribution < -0.4 is 15.6 Å². The molecule has 4 aromatic rings. The number of rotatable bonds is 6. The van der Waals surface area contributed by atoms with E-state index in [0.29, 0.717) is 11.3 Å². The zero-order chi connectivity index (χ0) is 23.0. The Morgan fingerprint density at radius 2 is 1.21 bits per heavy atom. The Balaban J connectivity index is 1.27. The van der Waals surface area contributed by atoms with Crippen LogP contribution in [0.15, 0.2) is 108 Å². The maximum Gasteiger partial charge on any atom is 0.276 e. The van der Waals surface area contributed by atoms with E-state index >= 15 is 0 Å². The van der Waals surface area contributed by atoms with Crippen LogP contribution in [0.3, 0.4) is 0 Å². The first-order chi connectivity index (χ1) is 16.1. The second-order valence-corrected chi connectivity index (χ2v) is 8.10. The number of amides is 2. The maximum absolute atomic E-state index is 12.3. The molecule has 0 unspecified atom stereocenters. The molecular weight excluding hydrogens is 480 g/mol. The van der Waals surface area contributed by atoms with Gasteiger partial charge in [0.2, 0.25) is 0 Å². The highest BCUT2D eigenvalue weighted by Gasteiger charge is 2.10. The predicted molar refractivity (Wildman–Crippen MR) is 133 cm³/mol. The van der Waals surface area contributed by atoms with Crippen molar-refractivity contribution in [2.24, 2.45) is 0 Å². The summed E-state index contributed by atoms with van der Waals surface area (Å²) in [6.45, 7) is -0.240. The van der Waals surface area contributed by atoms with Crippen molar-refractivity contribution < 1.29 is 14.3 Å². The van der Waals surface area contributed by atoms with Gasteiger partial charge in [-0.2, -0.15) is 0 Å². The quantitative estimate of drug-likeness (QED) is 0.337. The average molecular weight is 501 g/mol. The summed E-state index contributed by atoms with van der Waals surface area (Å²) in [6.07, 6.45) is 0. The molecule has 0 aliphatic carbocycles. The molecule has 0 spiro atoms. The minimum absolute atomic E-state index is 0.240. The lowest BCUT2D eigenvalue weighted by Gasteiger charge is -2.11. The third-order valence-electron chi connectivity index (χ3n) is 4.97. The van der Waals surface area contributed by atoms with Crippen molar-refractivity contribution in [2.45, 2.75) is 0 Å². The van der Waals surface area contributed by atoms with Crippen LogP contribution >= 0.6 is 15.9 Å². The molecule has 4 rings (SSSR count). The van der Waals surface area contributed by atoms with Crippen molar-refractivity contribution in [3.05, 3.63) is 113 Å². The number of carbonyl (C=O) groups excluding carboxylic acids is 2. The molecule has 0 saturated carbocycles. The zero-order valence-corrected chi connectivity index (χ0v) is 19.2. The van der Waals surface area contributed by atoms with Gasteiger partial charge in [-0.3, -0.25) is 20.4 Å². The van der Waals surface area contributed by atoms with E-state index in [9.17, 15) is 9.59 Å². The molecule has 33 heavy (non-hydrogen) atoms. The number of nitrogens with one attached hydrogen (secondary N) is 2. The zero-order valence-electron chi connectivity index (χ0n) is 17.6. The second-order valence-electron chi connectivity index (χ2n) is 7.25. The summed E-state index contributed by atoms with van der Waals surface area (Å²) in [5.41, 5.74) is 9.42. The smallest absolute Gasteiger partial charge is 0.276 e. The molecule has 0 aliphatic rings. The predicted octanol–water partition coefficient (Wildman–Crippen LogP) is 5.62. The molecule has 0 aromatic heterocycles. The van der Waals surface area contributed by atoms with Crippen molar-refractivity contribution in [3.8, 4) is 28.0 Å². The highest BCUT2D eigenvalue weighted by molar-refractivity contribution is 9.10. The first-order valence-electron chi connectivity index (χ1n) is 10.3. The Morgan fingerprint density at radius 1 is 0.667 bits per heavy atom. The van der Waals surface area contributed by atoms with E-state index in [4.69, 9.17) is 4.74 Å². The molecule has 5 nitrogen and oxygen atoms in total. The lowest BCUT2D eigenvalue weighted by molar-refractivity contribution is -0.123. The minimum Gasteiger partial charge on any atom is -0.483 e. The lowest BCUT2D eigenvalue weighted by atomic mass is 10.0. The highest BCUT2D eigenvalue weighted by atomic mass is 79.9. The molecule has 6 heteroatoms. The van der Waals surface area contributed by atoms with Crippen LogP contribution in [0.4, 0.5) is 0 Å². The Bertz CT molecular complexity index is 1240. The summed E-state index contributed by atoms with van der Waals surface area (Å²) >= 11 is 3.48. The molecule has 0 bridgehead atoms. The van der Waals surface area contributed by atoms with Gasteiger partial charge in [0.1, 0.15) is 5.75 Å². The molecule has 0 heterocycles. The second kappa shape index (κ2) is 10.6. The number of hydrazine groups is 1. The van der Waals surface area contributed by atoms with E-state index in [2.05, 4.69) is 26.8 Å². The Kier molecular flexibility index (Phi) is 7.17. The van der Waals surface area contributed by atoms with Crippen molar-refractivity contribution in [2.75, 3.05) is 6.61 Å². The van der Waals surface area contributed by atoms with Gasteiger partial charge in [0.15, 0.2) is 6.61 Å². The summed E-state index contributed by atoms with van der Waals surface area (Å²) < 4.78 is 6.32. The molecular formula is C27H21BrN2O3.